The normalized spacial score (nSPS) is 11.4. The summed E-state index contributed by atoms with van der Waals surface area (Å²) in [5, 5.41) is 8.42. The van der Waals surface area contributed by atoms with Crippen molar-refractivity contribution in [3.8, 4) is 0 Å². The Bertz CT molecular complexity index is 598. The van der Waals surface area contributed by atoms with Crippen LogP contribution in [0.25, 0.3) is 0 Å². The van der Waals surface area contributed by atoms with Crippen LogP contribution >= 0.6 is 27.3 Å². The first-order valence-corrected chi connectivity index (χ1v) is 7.76. The zero-order chi connectivity index (χ0) is 14.4. The molecule has 0 radical (unpaired) electrons. The smallest absolute Gasteiger partial charge is 0.191 e. The van der Waals surface area contributed by atoms with Crippen molar-refractivity contribution >= 4 is 33.2 Å². The fraction of sp³-hybridized carbons (Fsp3) is 0.214. The van der Waals surface area contributed by atoms with Crippen molar-refractivity contribution in [2.24, 2.45) is 4.99 Å². The number of hydrogen-bond donors (Lipinski definition) is 2. The lowest BCUT2D eigenvalue weighted by molar-refractivity contribution is 0.624. The molecule has 0 aliphatic heterocycles. The highest BCUT2D eigenvalue weighted by molar-refractivity contribution is 9.10. The topological polar surface area (TPSA) is 36.4 Å². The minimum Gasteiger partial charge on any atom is -0.352 e. The lowest BCUT2D eigenvalue weighted by Crippen LogP contribution is -2.36. The summed E-state index contributed by atoms with van der Waals surface area (Å²) in [6, 6.07) is 8.59. The van der Waals surface area contributed by atoms with Crippen LogP contribution in [0.2, 0.25) is 0 Å². The van der Waals surface area contributed by atoms with Crippen molar-refractivity contribution in [1.82, 2.24) is 10.6 Å². The number of hydrogen-bond acceptors (Lipinski definition) is 2. The number of halogens is 2. The molecular formula is C14H15BrFN3S. The van der Waals surface area contributed by atoms with Gasteiger partial charge in [-0.05, 0) is 39.7 Å². The Kier molecular flexibility index (Phi) is 5.55. The molecule has 20 heavy (non-hydrogen) atoms. The van der Waals surface area contributed by atoms with Gasteiger partial charge in [-0.15, -0.1) is 11.3 Å². The highest BCUT2D eigenvalue weighted by Gasteiger charge is 2.01. The molecule has 106 valence electrons. The molecule has 1 aromatic heterocycles. The molecule has 1 aromatic carbocycles. The lowest BCUT2D eigenvalue weighted by atomic mass is 10.2. The zero-order valence-corrected chi connectivity index (χ0v) is 13.4. The molecule has 0 aliphatic carbocycles. The first-order chi connectivity index (χ1) is 9.67. The number of nitrogens with one attached hydrogen (secondary N) is 2. The minimum atomic E-state index is -0.226. The van der Waals surface area contributed by atoms with Crippen LogP contribution in [0.15, 0.2) is 45.2 Å². The van der Waals surface area contributed by atoms with Gasteiger partial charge in [0.1, 0.15) is 5.82 Å². The predicted octanol–water partition coefficient (Wildman–Crippen LogP) is 3.51. The molecule has 3 nitrogen and oxygen atoms in total. The van der Waals surface area contributed by atoms with Crippen LogP contribution in [0.3, 0.4) is 0 Å². The van der Waals surface area contributed by atoms with Crippen LogP contribution in [0.4, 0.5) is 4.39 Å². The van der Waals surface area contributed by atoms with Gasteiger partial charge >= 0.3 is 0 Å². The minimum absolute atomic E-state index is 0.226. The van der Waals surface area contributed by atoms with Crippen LogP contribution in [0.5, 0.6) is 0 Å². The van der Waals surface area contributed by atoms with E-state index in [9.17, 15) is 4.39 Å². The third-order valence-electron chi connectivity index (χ3n) is 2.62. The number of guanidine groups is 1. The number of thiophene rings is 1. The van der Waals surface area contributed by atoms with E-state index in [-0.39, 0.29) is 5.82 Å². The summed E-state index contributed by atoms with van der Waals surface area (Å²) in [4.78, 5) is 5.35. The highest BCUT2D eigenvalue weighted by Crippen LogP contribution is 2.19. The summed E-state index contributed by atoms with van der Waals surface area (Å²) in [5.41, 5.74) is 0.881. The molecule has 2 aromatic rings. The fourth-order valence-electron chi connectivity index (χ4n) is 1.67. The number of benzene rings is 1. The van der Waals surface area contributed by atoms with E-state index in [1.807, 2.05) is 11.4 Å². The first kappa shape index (κ1) is 15.0. The Morgan fingerprint density at radius 3 is 2.75 bits per heavy atom. The maximum atomic E-state index is 13.1. The molecule has 0 saturated carbocycles. The standard InChI is InChI=1S/C14H15BrFN3S/c1-17-14(19-8-13-6-11(15)9-20-13)18-7-10-3-2-4-12(16)5-10/h2-6,9H,7-8H2,1H3,(H2,17,18,19). The Labute approximate surface area is 130 Å². The van der Waals surface area contributed by atoms with Gasteiger partial charge in [0.05, 0.1) is 6.54 Å². The molecule has 0 fully saturated rings. The lowest BCUT2D eigenvalue weighted by Gasteiger charge is -2.11. The molecule has 0 saturated heterocycles. The van der Waals surface area contributed by atoms with E-state index >= 15 is 0 Å². The second kappa shape index (κ2) is 7.40. The fourth-order valence-corrected chi connectivity index (χ4v) is 3.06. The van der Waals surface area contributed by atoms with Crippen molar-refractivity contribution in [1.29, 1.82) is 0 Å². The van der Waals surface area contributed by atoms with E-state index in [2.05, 4.69) is 37.6 Å². The van der Waals surface area contributed by atoms with E-state index in [1.165, 1.54) is 17.0 Å². The maximum absolute atomic E-state index is 13.1. The maximum Gasteiger partial charge on any atom is 0.191 e. The van der Waals surface area contributed by atoms with Gasteiger partial charge in [0, 0.05) is 28.3 Å². The Morgan fingerprint density at radius 1 is 1.30 bits per heavy atom. The molecule has 2 N–H and O–H groups in total. The molecule has 0 bridgehead atoms. The molecule has 0 amide bonds. The average molecular weight is 356 g/mol. The number of rotatable bonds is 4. The molecule has 0 unspecified atom stereocenters. The average Bonchev–Trinajstić information content (AvgIpc) is 2.85. The van der Waals surface area contributed by atoms with Gasteiger partial charge in [-0.3, -0.25) is 4.99 Å². The van der Waals surface area contributed by atoms with Crippen LogP contribution in [0, 0.1) is 5.82 Å². The van der Waals surface area contributed by atoms with E-state index in [1.54, 1.807) is 24.5 Å². The van der Waals surface area contributed by atoms with Gasteiger partial charge in [-0.25, -0.2) is 4.39 Å². The summed E-state index contributed by atoms with van der Waals surface area (Å²) in [6.45, 7) is 1.24. The SMILES string of the molecule is CN=C(NCc1cccc(F)c1)NCc1cc(Br)cs1. The van der Waals surface area contributed by atoms with E-state index in [0.29, 0.717) is 19.0 Å². The third-order valence-corrected chi connectivity index (χ3v) is 4.32. The van der Waals surface area contributed by atoms with Gasteiger partial charge in [-0.2, -0.15) is 0 Å². The van der Waals surface area contributed by atoms with Crippen molar-refractivity contribution in [2.75, 3.05) is 7.05 Å². The largest absolute Gasteiger partial charge is 0.352 e. The van der Waals surface area contributed by atoms with Crippen molar-refractivity contribution in [3.05, 3.63) is 56.4 Å². The van der Waals surface area contributed by atoms with E-state index in [4.69, 9.17) is 0 Å². The molecule has 0 spiro atoms. The van der Waals surface area contributed by atoms with Crippen molar-refractivity contribution < 1.29 is 4.39 Å². The highest BCUT2D eigenvalue weighted by atomic mass is 79.9. The first-order valence-electron chi connectivity index (χ1n) is 6.09. The van der Waals surface area contributed by atoms with Crippen LogP contribution < -0.4 is 10.6 Å². The summed E-state index contributed by atoms with van der Waals surface area (Å²) < 4.78 is 14.2. The molecular weight excluding hydrogens is 341 g/mol. The summed E-state index contributed by atoms with van der Waals surface area (Å²) in [7, 11) is 1.71. The van der Waals surface area contributed by atoms with Crippen LogP contribution in [-0.2, 0) is 13.1 Å². The third kappa shape index (κ3) is 4.61. The molecule has 6 heteroatoms. The van der Waals surface area contributed by atoms with Crippen LogP contribution in [-0.4, -0.2) is 13.0 Å². The van der Waals surface area contributed by atoms with Crippen molar-refractivity contribution in [3.63, 3.8) is 0 Å². The van der Waals surface area contributed by atoms with Crippen LogP contribution in [0.1, 0.15) is 10.4 Å². The van der Waals surface area contributed by atoms with Gasteiger partial charge in [0.25, 0.3) is 0 Å². The van der Waals surface area contributed by atoms with E-state index < -0.39 is 0 Å². The van der Waals surface area contributed by atoms with Crippen molar-refractivity contribution in [2.45, 2.75) is 13.1 Å². The summed E-state index contributed by atoms with van der Waals surface area (Å²) in [5.74, 6) is 0.467. The number of aliphatic imine (C=N–C) groups is 1. The summed E-state index contributed by atoms with van der Waals surface area (Å²) in [6.07, 6.45) is 0. The van der Waals surface area contributed by atoms with Gasteiger partial charge in [-0.1, -0.05) is 12.1 Å². The molecule has 1 heterocycles. The van der Waals surface area contributed by atoms with Gasteiger partial charge < -0.3 is 10.6 Å². The molecule has 0 aliphatic rings. The summed E-state index contributed by atoms with van der Waals surface area (Å²) >= 11 is 5.10. The monoisotopic (exact) mass is 355 g/mol. The van der Waals surface area contributed by atoms with Gasteiger partial charge in [0.15, 0.2) is 5.96 Å². The Morgan fingerprint density at radius 2 is 2.10 bits per heavy atom. The Hall–Kier alpha value is -1.40. The van der Waals surface area contributed by atoms with Gasteiger partial charge in [0.2, 0.25) is 0 Å². The zero-order valence-electron chi connectivity index (χ0n) is 11.0. The molecule has 0 atom stereocenters. The quantitative estimate of drug-likeness (QED) is 0.650. The second-order valence-corrected chi connectivity index (χ2v) is 6.05. The number of nitrogens with zero attached hydrogens (tertiary/aromatic N) is 1. The van der Waals surface area contributed by atoms with E-state index in [0.717, 1.165) is 10.0 Å². The second-order valence-electron chi connectivity index (χ2n) is 4.14. The predicted molar refractivity (Wildman–Crippen MR) is 85.5 cm³/mol. The Balaban J connectivity index is 1.84. The molecule has 2 rings (SSSR count).